The molecule has 0 aromatic carbocycles. The van der Waals surface area contributed by atoms with Crippen LogP contribution in [0.3, 0.4) is 0 Å². The Morgan fingerprint density at radius 3 is 3.00 bits per heavy atom. The highest BCUT2D eigenvalue weighted by Gasteiger charge is 2.11. The van der Waals surface area contributed by atoms with Gasteiger partial charge >= 0.3 is 10.8 Å². The van der Waals surface area contributed by atoms with E-state index in [1.54, 1.807) is 28.3 Å². The van der Waals surface area contributed by atoms with E-state index < -0.39 is 5.97 Å². The summed E-state index contributed by atoms with van der Waals surface area (Å²) in [5, 5.41) is 10.3. The van der Waals surface area contributed by atoms with Crippen LogP contribution in [-0.4, -0.2) is 15.6 Å². The molecule has 0 saturated heterocycles. The van der Waals surface area contributed by atoms with E-state index >= 15 is 0 Å². The third-order valence-electron chi connectivity index (χ3n) is 2.33. The Morgan fingerprint density at radius 2 is 2.35 bits per heavy atom. The molecule has 2 aromatic heterocycles. The Morgan fingerprint density at radius 1 is 1.53 bits per heavy atom. The average molecular weight is 253 g/mol. The Labute approximate surface area is 101 Å². The molecular weight excluding hydrogens is 242 g/mol. The number of hydrogen-bond donors (Lipinski definition) is 1. The van der Waals surface area contributed by atoms with Crippen molar-refractivity contribution in [3.8, 4) is 11.5 Å². The van der Waals surface area contributed by atoms with E-state index in [0.717, 1.165) is 11.3 Å². The molecular formula is C11H11NO4S. The zero-order valence-electron chi connectivity index (χ0n) is 8.96. The topological polar surface area (TPSA) is 72.4 Å². The number of rotatable bonds is 5. The number of furan rings is 1. The number of carboxylic acid groups (broad SMARTS) is 1. The lowest BCUT2D eigenvalue weighted by Gasteiger charge is -2.03. The van der Waals surface area contributed by atoms with Gasteiger partial charge in [-0.25, -0.2) is 0 Å². The van der Waals surface area contributed by atoms with Crippen LogP contribution in [0.1, 0.15) is 12.8 Å². The molecule has 0 atom stereocenters. The molecule has 0 spiro atoms. The van der Waals surface area contributed by atoms with Gasteiger partial charge in [-0.3, -0.25) is 14.2 Å². The first-order valence-corrected chi connectivity index (χ1v) is 6.00. The third kappa shape index (κ3) is 2.65. The molecule has 5 nitrogen and oxygen atoms in total. The molecule has 2 heterocycles. The van der Waals surface area contributed by atoms with E-state index in [-0.39, 0.29) is 11.3 Å². The van der Waals surface area contributed by atoms with Crippen LogP contribution < -0.4 is 4.87 Å². The highest BCUT2D eigenvalue weighted by Crippen LogP contribution is 2.20. The summed E-state index contributed by atoms with van der Waals surface area (Å²) in [6, 6.07) is 3.52. The Balaban J connectivity index is 2.19. The van der Waals surface area contributed by atoms with Crippen molar-refractivity contribution in [2.24, 2.45) is 0 Å². The van der Waals surface area contributed by atoms with Gasteiger partial charge in [0.15, 0.2) is 5.76 Å². The summed E-state index contributed by atoms with van der Waals surface area (Å²) < 4.78 is 6.78. The predicted molar refractivity (Wildman–Crippen MR) is 63.2 cm³/mol. The third-order valence-corrected chi connectivity index (χ3v) is 3.09. The van der Waals surface area contributed by atoms with E-state index in [9.17, 15) is 9.59 Å². The second kappa shape index (κ2) is 5.01. The molecule has 17 heavy (non-hydrogen) atoms. The van der Waals surface area contributed by atoms with Crippen LogP contribution in [0.25, 0.3) is 11.5 Å². The van der Waals surface area contributed by atoms with Crippen LogP contribution >= 0.6 is 11.3 Å². The number of hydrogen-bond acceptors (Lipinski definition) is 4. The van der Waals surface area contributed by atoms with Crippen molar-refractivity contribution in [1.82, 2.24) is 4.57 Å². The van der Waals surface area contributed by atoms with Crippen molar-refractivity contribution < 1.29 is 14.3 Å². The summed E-state index contributed by atoms with van der Waals surface area (Å²) in [5.74, 6) is -0.230. The summed E-state index contributed by atoms with van der Waals surface area (Å²) >= 11 is 1.09. The first-order valence-electron chi connectivity index (χ1n) is 5.12. The maximum Gasteiger partial charge on any atom is 0.307 e. The van der Waals surface area contributed by atoms with Gasteiger partial charge in [0, 0.05) is 18.3 Å². The van der Waals surface area contributed by atoms with Crippen LogP contribution in [0.5, 0.6) is 0 Å². The van der Waals surface area contributed by atoms with Crippen molar-refractivity contribution in [2.45, 2.75) is 19.4 Å². The maximum atomic E-state index is 11.6. The molecule has 0 amide bonds. The van der Waals surface area contributed by atoms with Crippen molar-refractivity contribution >= 4 is 17.3 Å². The molecule has 2 aromatic rings. The largest absolute Gasteiger partial charge is 0.481 e. The van der Waals surface area contributed by atoms with Crippen LogP contribution in [0.15, 0.2) is 33.0 Å². The molecule has 90 valence electrons. The van der Waals surface area contributed by atoms with E-state index in [2.05, 4.69) is 0 Å². The Hall–Kier alpha value is -1.82. The molecule has 6 heteroatoms. The standard InChI is InChI=1S/C11H11NO4S/c13-10(14)4-1-5-12-8(7-17-11(12)15)9-3-2-6-16-9/h2-3,6-7H,1,4-5H2,(H,13,14). The molecule has 0 fully saturated rings. The predicted octanol–water partition coefficient (Wildman–Crippen LogP) is 2.03. The minimum absolute atomic E-state index is 0.0554. The second-order valence-corrected chi connectivity index (χ2v) is 4.33. The van der Waals surface area contributed by atoms with Crippen molar-refractivity contribution in [3.05, 3.63) is 33.4 Å². The van der Waals surface area contributed by atoms with E-state index in [0.29, 0.717) is 24.4 Å². The normalized spacial score (nSPS) is 10.6. The molecule has 0 radical (unpaired) electrons. The summed E-state index contributed by atoms with van der Waals surface area (Å²) in [5.41, 5.74) is 0.704. The van der Waals surface area contributed by atoms with Gasteiger partial charge in [-0.15, -0.1) is 0 Å². The number of carboxylic acids is 1. The molecule has 1 N–H and O–H groups in total. The summed E-state index contributed by atoms with van der Waals surface area (Å²) in [7, 11) is 0. The number of carbonyl (C=O) groups is 1. The van der Waals surface area contributed by atoms with Gasteiger partial charge in [0.1, 0.15) is 0 Å². The fourth-order valence-electron chi connectivity index (χ4n) is 1.55. The minimum atomic E-state index is -0.854. The quantitative estimate of drug-likeness (QED) is 0.885. The summed E-state index contributed by atoms with van der Waals surface area (Å²) in [4.78, 5) is 21.9. The fraction of sp³-hybridized carbons (Fsp3) is 0.273. The zero-order chi connectivity index (χ0) is 12.3. The van der Waals surface area contributed by atoms with Crippen LogP contribution in [-0.2, 0) is 11.3 Å². The molecule has 0 bridgehead atoms. The van der Waals surface area contributed by atoms with Gasteiger partial charge in [-0.1, -0.05) is 11.3 Å². The number of nitrogens with zero attached hydrogens (tertiary/aromatic N) is 1. The van der Waals surface area contributed by atoms with E-state index in [1.165, 1.54) is 0 Å². The smallest absolute Gasteiger partial charge is 0.307 e. The average Bonchev–Trinajstić information content (AvgIpc) is 2.88. The summed E-state index contributed by atoms with van der Waals surface area (Å²) in [6.45, 7) is 0.394. The van der Waals surface area contributed by atoms with E-state index in [1.807, 2.05) is 0 Å². The fourth-order valence-corrected chi connectivity index (χ4v) is 2.32. The van der Waals surface area contributed by atoms with Crippen molar-refractivity contribution in [1.29, 1.82) is 0 Å². The number of thiazole rings is 1. The SMILES string of the molecule is O=C(O)CCCn1c(-c2ccco2)csc1=O. The zero-order valence-corrected chi connectivity index (χ0v) is 9.77. The monoisotopic (exact) mass is 253 g/mol. The molecule has 0 aliphatic carbocycles. The second-order valence-electron chi connectivity index (χ2n) is 3.51. The maximum absolute atomic E-state index is 11.6. The van der Waals surface area contributed by atoms with Crippen molar-refractivity contribution in [3.63, 3.8) is 0 Å². The molecule has 0 unspecified atom stereocenters. The van der Waals surface area contributed by atoms with Gasteiger partial charge in [0.05, 0.1) is 12.0 Å². The van der Waals surface area contributed by atoms with E-state index in [4.69, 9.17) is 9.52 Å². The first kappa shape index (κ1) is 11.7. The molecule has 0 aliphatic heterocycles. The van der Waals surface area contributed by atoms with Crippen molar-refractivity contribution in [2.75, 3.05) is 0 Å². The van der Waals surface area contributed by atoms with Gasteiger partial charge in [-0.05, 0) is 18.6 Å². The van der Waals surface area contributed by atoms with Crippen LogP contribution in [0, 0.1) is 0 Å². The minimum Gasteiger partial charge on any atom is -0.481 e. The van der Waals surface area contributed by atoms with Gasteiger partial charge in [-0.2, -0.15) is 0 Å². The Kier molecular flexibility index (Phi) is 3.43. The van der Waals surface area contributed by atoms with Gasteiger partial charge in [0.2, 0.25) is 0 Å². The molecule has 2 rings (SSSR count). The number of aromatic nitrogens is 1. The van der Waals surface area contributed by atoms with Crippen LogP contribution in [0.2, 0.25) is 0 Å². The van der Waals surface area contributed by atoms with Gasteiger partial charge in [0.25, 0.3) is 0 Å². The lowest BCUT2D eigenvalue weighted by atomic mass is 10.3. The Bertz CT molecular complexity index is 552. The number of aliphatic carboxylic acids is 1. The first-order chi connectivity index (χ1) is 8.18. The summed E-state index contributed by atoms with van der Waals surface area (Å²) in [6.07, 6.45) is 2.03. The highest BCUT2D eigenvalue weighted by atomic mass is 32.1. The lowest BCUT2D eigenvalue weighted by Crippen LogP contribution is -2.15. The highest BCUT2D eigenvalue weighted by molar-refractivity contribution is 7.07. The lowest BCUT2D eigenvalue weighted by molar-refractivity contribution is -0.137. The van der Waals surface area contributed by atoms with Gasteiger partial charge < -0.3 is 9.52 Å². The molecule has 0 saturated carbocycles. The van der Waals surface area contributed by atoms with Crippen LogP contribution in [0.4, 0.5) is 0 Å². The molecule has 0 aliphatic rings.